The van der Waals surface area contributed by atoms with Crippen molar-refractivity contribution in [2.24, 2.45) is 0 Å². The molecule has 16 nitrogen and oxygen atoms in total. The van der Waals surface area contributed by atoms with Crippen LogP contribution in [0.3, 0.4) is 0 Å². The van der Waals surface area contributed by atoms with Gasteiger partial charge in [-0.05, 0) is 57.8 Å². The minimum absolute atomic E-state index is 0.111. The average Bonchev–Trinajstić information content (AvgIpc) is 3.42. The van der Waals surface area contributed by atoms with Crippen molar-refractivity contribution in [3.8, 4) is 0 Å². The zero-order chi connectivity index (χ0) is 58.2. The molecule has 5 unspecified atom stereocenters. The van der Waals surface area contributed by atoms with Crippen LogP contribution in [-0.4, -0.2) is 95.9 Å². The number of aliphatic hydroxyl groups is 2. The number of rotatable bonds is 59. The van der Waals surface area contributed by atoms with Crippen LogP contribution in [0.15, 0.2) is 48.6 Å². The molecule has 0 aromatic heterocycles. The Labute approximate surface area is 478 Å². The lowest BCUT2D eigenvalue weighted by molar-refractivity contribution is -0.161. The van der Waals surface area contributed by atoms with E-state index in [1.807, 2.05) is 0 Å². The first-order chi connectivity index (χ1) is 38.2. The Hall–Kier alpha value is -2.49. The molecule has 0 bridgehead atoms. The van der Waals surface area contributed by atoms with Gasteiger partial charge >= 0.3 is 33.6 Å². The topological polar surface area (TPSA) is 231 Å². The summed E-state index contributed by atoms with van der Waals surface area (Å²) in [6.45, 7) is 2.53. The molecule has 0 saturated carbocycles. The molecule has 4 N–H and O–H groups in total. The molecule has 18 heteroatoms. The standard InChI is InChI=1S/C61H112O16P2/c1-4-7-10-13-16-19-22-24-26-27-29-31-33-35-38-41-44-47-59(64)71-50-56(62)51-73-78(67,68)74-52-57(63)53-75-79(69,70)76-55-58(77-61(66)49-46-43-40-37-32-21-18-15-12-9-6-3)54-72-60(65)48-45-42-39-36-34-30-28-25-23-20-17-14-11-8-5-2/h7,10,16,19,24,26,29,31,56-58,62-63H,4-6,8-9,11-15,17-18,20-23,25,27-28,30,32-55H2,1-3H3,(H,67,68)(H,69,70)/b10-7-,19-16-,26-24-,31-29-. The number of carbonyl (C=O) groups excluding carboxylic acids is 3. The normalized spacial score (nSPS) is 14.8. The first-order valence-electron chi connectivity index (χ1n) is 30.9. The molecule has 0 aliphatic rings. The smallest absolute Gasteiger partial charge is 0.463 e. The van der Waals surface area contributed by atoms with Crippen molar-refractivity contribution in [2.75, 3.05) is 39.6 Å². The van der Waals surface area contributed by atoms with E-state index < -0.39 is 91.5 Å². The molecular weight excluding hydrogens is 1050 g/mol. The average molecular weight is 1160 g/mol. The van der Waals surface area contributed by atoms with Gasteiger partial charge in [-0.25, -0.2) is 9.13 Å². The van der Waals surface area contributed by atoms with Crippen LogP contribution in [0.25, 0.3) is 0 Å². The lowest BCUT2D eigenvalue weighted by Crippen LogP contribution is -2.30. The van der Waals surface area contributed by atoms with Gasteiger partial charge in [-0.2, -0.15) is 0 Å². The molecule has 5 atom stereocenters. The Bertz CT molecular complexity index is 1650. The number of esters is 3. The van der Waals surface area contributed by atoms with Crippen LogP contribution in [0.1, 0.15) is 265 Å². The summed E-state index contributed by atoms with van der Waals surface area (Å²) in [6.07, 6.45) is 51.8. The number of carbonyl (C=O) groups is 3. The van der Waals surface area contributed by atoms with Crippen LogP contribution in [0.2, 0.25) is 0 Å². The molecular formula is C61H112O16P2. The Balaban J connectivity index is 4.63. The maximum Gasteiger partial charge on any atom is 0.472 e. The summed E-state index contributed by atoms with van der Waals surface area (Å²) in [5.41, 5.74) is 0. The second-order valence-electron chi connectivity index (χ2n) is 20.8. The molecule has 0 aromatic rings. The van der Waals surface area contributed by atoms with Gasteiger partial charge in [-0.15, -0.1) is 0 Å². The van der Waals surface area contributed by atoms with Crippen molar-refractivity contribution in [3.63, 3.8) is 0 Å². The van der Waals surface area contributed by atoms with Crippen molar-refractivity contribution >= 4 is 33.6 Å². The second kappa shape index (κ2) is 56.0. The summed E-state index contributed by atoms with van der Waals surface area (Å²) in [7, 11) is -9.75. The lowest BCUT2D eigenvalue weighted by Gasteiger charge is -2.21. The first kappa shape index (κ1) is 76.5. The molecule has 0 saturated heterocycles. The number of aliphatic hydroxyl groups excluding tert-OH is 2. The monoisotopic (exact) mass is 1160 g/mol. The molecule has 0 spiro atoms. The molecule has 0 fully saturated rings. The van der Waals surface area contributed by atoms with Crippen LogP contribution in [0.5, 0.6) is 0 Å². The summed E-state index contributed by atoms with van der Waals surface area (Å²) >= 11 is 0. The van der Waals surface area contributed by atoms with Gasteiger partial charge in [0.05, 0.1) is 26.4 Å². The van der Waals surface area contributed by atoms with Gasteiger partial charge in [-0.3, -0.25) is 32.5 Å². The van der Waals surface area contributed by atoms with Gasteiger partial charge in [0.25, 0.3) is 0 Å². The number of ether oxygens (including phenoxy) is 3. The summed E-state index contributed by atoms with van der Waals surface area (Å²) < 4.78 is 60.6. The van der Waals surface area contributed by atoms with Crippen molar-refractivity contribution in [3.05, 3.63) is 48.6 Å². The molecule has 0 aliphatic heterocycles. The van der Waals surface area contributed by atoms with Gasteiger partial charge < -0.3 is 34.2 Å². The van der Waals surface area contributed by atoms with Gasteiger partial charge in [0.2, 0.25) is 0 Å². The van der Waals surface area contributed by atoms with Crippen LogP contribution in [-0.2, 0) is 55.8 Å². The van der Waals surface area contributed by atoms with Crippen molar-refractivity contribution in [2.45, 2.75) is 283 Å². The van der Waals surface area contributed by atoms with Crippen molar-refractivity contribution in [1.82, 2.24) is 0 Å². The highest BCUT2D eigenvalue weighted by Crippen LogP contribution is 2.45. The van der Waals surface area contributed by atoms with E-state index in [1.54, 1.807) is 0 Å². The quantitative estimate of drug-likeness (QED) is 0.0146. The van der Waals surface area contributed by atoms with E-state index in [-0.39, 0.29) is 19.3 Å². The van der Waals surface area contributed by atoms with E-state index in [1.165, 1.54) is 109 Å². The fraction of sp³-hybridized carbons (Fsp3) is 0.820. The van der Waals surface area contributed by atoms with E-state index >= 15 is 0 Å². The third kappa shape index (κ3) is 57.1. The summed E-state index contributed by atoms with van der Waals surface area (Å²) in [5.74, 6) is -1.58. The Morgan fingerprint density at radius 1 is 0.367 bits per heavy atom. The van der Waals surface area contributed by atoms with Gasteiger partial charge in [0.1, 0.15) is 25.4 Å². The number of hydrogen-bond donors (Lipinski definition) is 4. The minimum atomic E-state index is -4.91. The second-order valence-corrected chi connectivity index (χ2v) is 23.8. The number of phosphoric ester groups is 2. The van der Waals surface area contributed by atoms with Crippen LogP contribution < -0.4 is 0 Å². The van der Waals surface area contributed by atoms with Crippen LogP contribution in [0, 0.1) is 0 Å². The Morgan fingerprint density at radius 2 is 0.671 bits per heavy atom. The van der Waals surface area contributed by atoms with Gasteiger partial charge in [-0.1, -0.05) is 236 Å². The highest BCUT2D eigenvalue weighted by atomic mass is 31.2. The third-order valence-electron chi connectivity index (χ3n) is 13.1. The fourth-order valence-corrected chi connectivity index (χ4v) is 9.91. The van der Waals surface area contributed by atoms with E-state index in [0.717, 1.165) is 96.3 Å². The number of hydrogen-bond acceptors (Lipinski definition) is 14. The fourth-order valence-electron chi connectivity index (χ4n) is 8.33. The van der Waals surface area contributed by atoms with E-state index in [9.17, 15) is 43.5 Å². The Kier molecular flexibility index (Phi) is 54.2. The third-order valence-corrected chi connectivity index (χ3v) is 15.0. The molecule has 462 valence electrons. The van der Waals surface area contributed by atoms with E-state index in [2.05, 4.69) is 69.4 Å². The summed E-state index contributed by atoms with van der Waals surface area (Å²) in [6, 6.07) is 0. The maximum absolute atomic E-state index is 12.8. The molecule has 79 heavy (non-hydrogen) atoms. The lowest BCUT2D eigenvalue weighted by atomic mass is 10.0. The highest BCUT2D eigenvalue weighted by Gasteiger charge is 2.29. The SMILES string of the molecule is CC/C=C\C/C=C\C/C=C\C/C=C\CCCCCCC(=O)OCC(O)COP(=O)(O)OCC(O)COP(=O)(O)OCC(COC(=O)CCCCCCCCCCCCCCCCC)OC(=O)CCCCCCCCCCCCC. The molecule has 0 amide bonds. The molecule has 0 aromatic carbocycles. The van der Waals surface area contributed by atoms with Gasteiger partial charge in [0.15, 0.2) is 6.10 Å². The number of allylic oxidation sites excluding steroid dienone is 8. The van der Waals surface area contributed by atoms with Crippen molar-refractivity contribution in [1.29, 1.82) is 0 Å². The largest absolute Gasteiger partial charge is 0.472 e. The summed E-state index contributed by atoms with van der Waals surface area (Å²) in [4.78, 5) is 58.1. The number of unbranched alkanes of at least 4 members (excludes halogenated alkanes) is 28. The Morgan fingerprint density at radius 3 is 1.06 bits per heavy atom. The predicted octanol–water partition coefficient (Wildman–Crippen LogP) is 16.1. The number of phosphoric acid groups is 2. The first-order valence-corrected chi connectivity index (χ1v) is 33.9. The maximum atomic E-state index is 12.8. The predicted molar refractivity (Wildman–Crippen MR) is 316 cm³/mol. The zero-order valence-electron chi connectivity index (χ0n) is 49.5. The molecule has 0 heterocycles. The molecule has 0 rings (SSSR count). The van der Waals surface area contributed by atoms with Crippen LogP contribution >= 0.6 is 15.6 Å². The minimum Gasteiger partial charge on any atom is -0.463 e. The molecule has 0 aliphatic carbocycles. The van der Waals surface area contributed by atoms with Gasteiger partial charge in [0, 0.05) is 19.3 Å². The van der Waals surface area contributed by atoms with E-state index in [0.29, 0.717) is 19.3 Å². The van der Waals surface area contributed by atoms with Crippen molar-refractivity contribution < 1.29 is 75.8 Å². The zero-order valence-corrected chi connectivity index (χ0v) is 51.3. The summed E-state index contributed by atoms with van der Waals surface area (Å²) in [5, 5.41) is 20.4. The van der Waals surface area contributed by atoms with E-state index in [4.69, 9.17) is 32.3 Å². The highest BCUT2D eigenvalue weighted by molar-refractivity contribution is 7.47. The van der Waals surface area contributed by atoms with Crippen LogP contribution in [0.4, 0.5) is 0 Å². The molecule has 0 radical (unpaired) electrons.